The van der Waals surface area contributed by atoms with E-state index in [9.17, 15) is 14.7 Å². The van der Waals surface area contributed by atoms with Gasteiger partial charge in [-0.25, -0.2) is 0 Å². The van der Waals surface area contributed by atoms with Crippen LogP contribution in [0.3, 0.4) is 0 Å². The Hall–Kier alpha value is -1.99. The second kappa shape index (κ2) is 6.64. The van der Waals surface area contributed by atoms with Crippen LogP contribution in [0.15, 0.2) is 12.4 Å². The third-order valence-electron chi connectivity index (χ3n) is 4.51. The SMILES string of the molecule is CC(=O)N1CCc2c(cncc2C(=O)N2CCOCC2CO)C1. The molecule has 1 saturated heterocycles. The van der Waals surface area contributed by atoms with Gasteiger partial charge in [0.15, 0.2) is 0 Å². The molecule has 2 aliphatic rings. The van der Waals surface area contributed by atoms with Crippen LogP contribution >= 0.6 is 0 Å². The molecule has 0 bridgehead atoms. The highest BCUT2D eigenvalue weighted by molar-refractivity contribution is 5.96. The average Bonchev–Trinajstić information content (AvgIpc) is 2.60. The van der Waals surface area contributed by atoms with Crippen LogP contribution in [-0.2, 0) is 22.5 Å². The Labute approximate surface area is 134 Å². The third kappa shape index (κ3) is 3.07. The molecular weight excluding hydrogens is 298 g/mol. The Morgan fingerprint density at radius 3 is 2.96 bits per heavy atom. The number of aromatic nitrogens is 1. The van der Waals surface area contributed by atoms with Gasteiger partial charge >= 0.3 is 0 Å². The van der Waals surface area contributed by atoms with Gasteiger partial charge in [0.2, 0.25) is 5.91 Å². The van der Waals surface area contributed by atoms with Gasteiger partial charge < -0.3 is 19.6 Å². The first-order chi connectivity index (χ1) is 11.1. The van der Waals surface area contributed by atoms with Gasteiger partial charge in [-0.1, -0.05) is 0 Å². The number of aliphatic hydroxyl groups excluding tert-OH is 1. The van der Waals surface area contributed by atoms with Crippen LogP contribution in [0.1, 0.15) is 28.4 Å². The van der Waals surface area contributed by atoms with Crippen LogP contribution in [0, 0.1) is 0 Å². The molecule has 7 nitrogen and oxygen atoms in total. The zero-order valence-corrected chi connectivity index (χ0v) is 13.2. The molecule has 3 heterocycles. The van der Waals surface area contributed by atoms with E-state index in [1.165, 1.54) is 0 Å². The van der Waals surface area contributed by atoms with Gasteiger partial charge in [-0.2, -0.15) is 0 Å². The predicted molar refractivity (Wildman–Crippen MR) is 81.8 cm³/mol. The lowest BCUT2D eigenvalue weighted by atomic mass is 9.96. The molecule has 1 aromatic heterocycles. The Bertz CT molecular complexity index is 619. The minimum absolute atomic E-state index is 0.0286. The predicted octanol–water partition coefficient (Wildman–Crippen LogP) is -0.180. The first-order valence-corrected chi connectivity index (χ1v) is 7.82. The third-order valence-corrected chi connectivity index (χ3v) is 4.51. The Kier molecular flexibility index (Phi) is 4.58. The first kappa shape index (κ1) is 15.9. The number of aliphatic hydroxyl groups is 1. The summed E-state index contributed by atoms with van der Waals surface area (Å²) in [6, 6.07) is -0.315. The lowest BCUT2D eigenvalue weighted by Crippen LogP contribution is -2.50. The fourth-order valence-corrected chi connectivity index (χ4v) is 3.17. The number of ether oxygens (including phenoxy) is 1. The molecule has 0 saturated carbocycles. The molecular formula is C16H21N3O4. The van der Waals surface area contributed by atoms with Gasteiger partial charge in [0.25, 0.3) is 5.91 Å². The Balaban J connectivity index is 1.87. The van der Waals surface area contributed by atoms with Gasteiger partial charge in [0.1, 0.15) is 0 Å². The number of pyridine rings is 1. The average molecular weight is 319 g/mol. The van der Waals surface area contributed by atoms with Crippen molar-refractivity contribution in [1.29, 1.82) is 0 Å². The Morgan fingerprint density at radius 1 is 1.39 bits per heavy atom. The lowest BCUT2D eigenvalue weighted by molar-refractivity contribution is -0.129. The van der Waals surface area contributed by atoms with Crippen molar-refractivity contribution >= 4 is 11.8 Å². The molecule has 1 N–H and O–H groups in total. The molecule has 124 valence electrons. The standard InChI is InChI=1S/C16H21N3O4/c1-11(21)18-3-2-14-12(8-18)6-17-7-15(14)16(22)19-4-5-23-10-13(19)9-20/h6-7,13,20H,2-5,8-10H2,1H3. The molecule has 2 aliphatic heterocycles. The highest BCUT2D eigenvalue weighted by Gasteiger charge is 2.31. The van der Waals surface area contributed by atoms with Crippen LogP contribution in [-0.4, -0.2) is 70.7 Å². The number of carbonyl (C=O) groups excluding carboxylic acids is 2. The number of hydrogen-bond donors (Lipinski definition) is 1. The van der Waals surface area contributed by atoms with Crippen molar-refractivity contribution in [2.24, 2.45) is 0 Å². The molecule has 23 heavy (non-hydrogen) atoms. The zero-order valence-electron chi connectivity index (χ0n) is 13.2. The van der Waals surface area contributed by atoms with E-state index in [1.54, 1.807) is 29.1 Å². The maximum absolute atomic E-state index is 12.9. The van der Waals surface area contributed by atoms with Crippen LogP contribution in [0.5, 0.6) is 0 Å². The maximum atomic E-state index is 12.9. The quantitative estimate of drug-likeness (QED) is 0.818. The molecule has 1 unspecified atom stereocenters. The number of nitrogens with zero attached hydrogens (tertiary/aromatic N) is 3. The van der Waals surface area contributed by atoms with Gasteiger partial charge in [-0.05, 0) is 17.5 Å². The summed E-state index contributed by atoms with van der Waals surface area (Å²) in [6.45, 7) is 3.82. The van der Waals surface area contributed by atoms with Gasteiger partial charge in [-0.15, -0.1) is 0 Å². The van der Waals surface area contributed by atoms with Crippen LogP contribution < -0.4 is 0 Å². The maximum Gasteiger partial charge on any atom is 0.256 e. The Morgan fingerprint density at radius 2 is 2.22 bits per heavy atom. The van der Waals surface area contributed by atoms with Crippen molar-refractivity contribution in [3.8, 4) is 0 Å². The number of rotatable bonds is 2. The molecule has 0 spiro atoms. The number of morpholine rings is 1. The number of amides is 2. The normalized spacial score (nSPS) is 21.0. The summed E-state index contributed by atoms with van der Waals surface area (Å²) in [6.07, 6.45) is 3.96. The van der Waals surface area contributed by atoms with Crippen molar-refractivity contribution in [2.45, 2.75) is 25.9 Å². The van der Waals surface area contributed by atoms with E-state index in [2.05, 4.69) is 4.98 Å². The summed E-state index contributed by atoms with van der Waals surface area (Å²) in [5, 5.41) is 9.46. The molecule has 3 rings (SSSR count). The molecule has 0 radical (unpaired) electrons. The highest BCUT2D eigenvalue weighted by Crippen LogP contribution is 2.24. The van der Waals surface area contributed by atoms with Crippen molar-refractivity contribution in [3.63, 3.8) is 0 Å². The van der Waals surface area contributed by atoms with E-state index < -0.39 is 0 Å². The van der Waals surface area contributed by atoms with E-state index in [0.717, 1.165) is 11.1 Å². The molecule has 1 aromatic rings. The number of fused-ring (bicyclic) bond motifs is 1. The molecule has 7 heteroatoms. The second-order valence-electron chi connectivity index (χ2n) is 5.93. The van der Waals surface area contributed by atoms with Gasteiger partial charge in [-0.3, -0.25) is 14.6 Å². The smallest absolute Gasteiger partial charge is 0.256 e. The summed E-state index contributed by atoms with van der Waals surface area (Å²) >= 11 is 0. The summed E-state index contributed by atoms with van der Waals surface area (Å²) in [4.78, 5) is 32.0. The van der Waals surface area contributed by atoms with E-state index in [-0.39, 0.29) is 24.5 Å². The zero-order chi connectivity index (χ0) is 16.4. The molecule has 0 aromatic carbocycles. The van der Waals surface area contributed by atoms with Gasteiger partial charge in [0, 0.05) is 39.0 Å². The summed E-state index contributed by atoms with van der Waals surface area (Å²) in [7, 11) is 0. The van der Waals surface area contributed by atoms with Crippen LogP contribution in [0.25, 0.3) is 0 Å². The van der Waals surface area contributed by atoms with E-state index in [4.69, 9.17) is 4.74 Å². The van der Waals surface area contributed by atoms with Crippen molar-refractivity contribution < 1.29 is 19.4 Å². The molecule has 0 aliphatic carbocycles. The van der Waals surface area contributed by atoms with E-state index in [0.29, 0.717) is 44.8 Å². The molecule has 2 amide bonds. The second-order valence-corrected chi connectivity index (χ2v) is 5.93. The largest absolute Gasteiger partial charge is 0.394 e. The van der Waals surface area contributed by atoms with Crippen molar-refractivity contribution in [3.05, 3.63) is 29.1 Å². The monoisotopic (exact) mass is 319 g/mol. The van der Waals surface area contributed by atoms with Gasteiger partial charge in [0.05, 0.1) is 31.4 Å². The topological polar surface area (TPSA) is 83.0 Å². The lowest BCUT2D eigenvalue weighted by Gasteiger charge is -2.35. The van der Waals surface area contributed by atoms with E-state index >= 15 is 0 Å². The summed E-state index contributed by atoms with van der Waals surface area (Å²) in [5.74, 6) is -0.0890. The van der Waals surface area contributed by atoms with Crippen LogP contribution in [0.4, 0.5) is 0 Å². The van der Waals surface area contributed by atoms with Crippen molar-refractivity contribution in [1.82, 2.24) is 14.8 Å². The fourth-order valence-electron chi connectivity index (χ4n) is 3.17. The molecule has 1 fully saturated rings. The molecule has 1 atom stereocenters. The summed E-state index contributed by atoms with van der Waals surface area (Å²) in [5.41, 5.74) is 2.46. The fraction of sp³-hybridized carbons (Fsp3) is 0.562. The van der Waals surface area contributed by atoms with Crippen LogP contribution in [0.2, 0.25) is 0 Å². The van der Waals surface area contributed by atoms with E-state index in [1.807, 2.05) is 0 Å². The minimum atomic E-state index is -0.315. The first-order valence-electron chi connectivity index (χ1n) is 7.82. The summed E-state index contributed by atoms with van der Waals surface area (Å²) < 4.78 is 5.33. The number of hydrogen-bond acceptors (Lipinski definition) is 5. The minimum Gasteiger partial charge on any atom is -0.394 e. The number of carbonyl (C=O) groups is 2. The van der Waals surface area contributed by atoms with Crippen molar-refractivity contribution in [2.75, 3.05) is 32.9 Å². The highest BCUT2D eigenvalue weighted by atomic mass is 16.5.